The summed E-state index contributed by atoms with van der Waals surface area (Å²) in [6.45, 7) is 5.08. The molecular weight excluding hydrogens is 458 g/mol. The van der Waals surface area contributed by atoms with E-state index in [0.29, 0.717) is 50.7 Å². The lowest BCUT2D eigenvalue weighted by Crippen LogP contribution is -2.63. The monoisotopic (exact) mass is 491 g/mol. The summed E-state index contributed by atoms with van der Waals surface area (Å²) in [6.07, 6.45) is 1.52. The molecule has 186 valence electrons. The fourth-order valence-electron chi connectivity index (χ4n) is 5.97. The van der Waals surface area contributed by atoms with Crippen LogP contribution in [0.15, 0.2) is 24.3 Å². The van der Waals surface area contributed by atoms with E-state index >= 15 is 0 Å². The van der Waals surface area contributed by atoms with Gasteiger partial charge in [0.2, 0.25) is 5.91 Å². The molecule has 0 spiro atoms. The molecule has 0 aliphatic carbocycles. The SMILES string of the molecule is CCN(C(=O)O)[C@]1(C(=O)C2CCN(C(=O)C3CCOCC3)CC2)CNC[C@H]1c1ccc(Cl)cc1. The van der Waals surface area contributed by atoms with Crippen molar-refractivity contribution in [2.24, 2.45) is 11.8 Å². The summed E-state index contributed by atoms with van der Waals surface area (Å²) in [5, 5.41) is 14.0. The largest absolute Gasteiger partial charge is 0.465 e. The van der Waals surface area contributed by atoms with E-state index in [2.05, 4.69) is 5.32 Å². The number of Topliss-reactive ketones (excluding diaryl/α,β-unsaturated/α-hetero) is 1. The Morgan fingerprint density at radius 3 is 2.35 bits per heavy atom. The summed E-state index contributed by atoms with van der Waals surface area (Å²) in [6, 6.07) is 7.32. The number of nitrogens with one attached hydrogen (secondary N) is 1. The molecule has 3 heterocycles. The summed E-state index contributed by atoms with van der Waals surface area (Å²) >= 11 is 6.08. The highest BCUT2D eigenvalue weighted by Gasteiger charge is 2.56. The molecule has 4 rings (SSSR count). The highest BCUT2D eigenvalue weighted by molar-refractivity contribution is 6.30. The number of carbonyl (C=O) groups excluding carboxylic acids is 2. The van der Waals surface area contributed by atoms with E-state index in [9.17, 15) is 19.5 Å². The molecule has 3 fully saturated rings. The summed E-state index contributed by atoms with van der Waals surface area (Å²) < 4.78 is 5.38. The molecule has 9 heteroatoms. The molecule has 2 atom stereocenters. The Hall–Kier alpha value is -2.16. The second-order valence-corrected chi connectivity index (χ2v) is 9.97. The summed E-state index contributed by atoms with van der Waals surface area (Å²) in [4.78, 5) is 42.6. The second-order valence-electron chi connectivity index (χ2n) is 9.54. The van der Waals surface area contributed by atoms with Gasteiger partial charge in [0.05, 0.1) is 0 Å². The van der Waals surface area contributed by atoms with Gasteiger partial charge in [-0.25, -0.2) is 4.79 Å². The predicted octanol–water partition coefficient (Wildman–Crippen LogP) is 3.00. The molecule has 1 aromatic rings. The van der Waals surface area contributed by atoms with Crippen LogP contribution in [0.25, 0.3) is 0 Å². The Balaban J connectivity index is 1.55. The standard InChI is InChI=1S/C25H34ClN3O5/c1-2-29(24(32)33)25(16-27-15-21(25)17-3-5-20(26)6-4-17)22(30)18-7-11-28(12-8-18)23(31)19-9-13-34-14-10-19/h3-6,18-19,21,27H,2,7-16H2,1H3,(H,32,33)/t21-,25+/m0/s1. The van der Waals surface area contributed by atoms with Gasteiger partial charge in [0.15, 0.2) is 5.78 Å². The van der Waals surface area contributed by atoms with Crippen LogP contribution in [-0.2, 0) is 14.3 Å². The first kappa shape index (κ1) is 24.9. The number of likely N-dealkylation sites (tertiary alicyclic amines) is 1. The Bertz CT molecular complexity index is 896. The van der Waals surface area contributed by atoms with E-state index in [1.807, 2.05) is 17.0 Å². The number of piperidine rings is 1. The lowest BCUT2D eigenvalue weighted by molar-refractivity contribution is -0.143. The first-order valence-corrected chi connectivity index (χ1v) is 12.6. The Kier molecular flexibility index (Phi) is 7.80. The zero-order chi connectivity index (χ0) is 24.3. The van der Waals surface area contributed by atoms with Crippen LogP contribution in [0.3, 0.4) is 0 Å². The molecule has 2 amide bonds. The Morgan fingerprint density at radius 1 is 1.12 bits per heavy atom. The third-order valence-electron chi connectivity index (χ3n) is 7.80. The summed E-state index contributed by atoms with van der Waals surface area (Å²) in [7, 11) is 0. The molecular formula is C25H34ClN3O5. The molecule has 1 aromatic carbocycles. The van der Waals surface area contributed by atoms with Crippen LogP contribution < -0.4 is 5.32 Å². The van der Waals surface area contributed by atoms with Crippen molar-refractivity contribution >= 4 is 29.4 Å². The van der Waals surface area contributed by atoms with Crippen LogP contribution in [0, 0.1) is 11.8 Å². The summed E-state index contributed by atoms with van der Waals surface area (Å²) in [5.74, 6) is -0.480. The fourth-order valence-corrected chi connectivity index (χ4v) is 6.10. The molecule has 0 radical (unpaired) electrons. The van der Waals surface area contributed by atoms with Crippen molar-refractivity contribution in [1.29, 1.82) is 0 Å². The average Bonchev–Trinajstić information content (AvgIpc) is 3.30. The van der Waals surface area contributed by atoms with Gasteiger partial charge in [-0.2, -0.15) is 0 Å². The first-order chi connectivity index (χ1) is 16.4. The maximum Gasteiger partial charge on any atom is 0.408 e. The quantitative estimate of drug-likeness (QED) is 0.634. The highest BCUT2D eigenvalue weighted by atomic mass is 35.5. The van der Waals surface area contributed by atoms with Crippen LogP contribution >= 0.6 is 11.6 Å². The minimum Gasteiger partial charge on any atom is -0.465 e. The van der Waals surface area contributed by atoms with Crippen molar-refractivity contribution < 1.29 is 24.2 Å². The van der Waals surface area contributed by atoms with Gasteiger partial charge >= 0.3 is 6.09 Å². The van der Waals surface area contributed by atoms with Gasteiger partial charge in [-0.15, -0.1) is 0 Å². The van der Waals surface area contributed by atoms with Crippen molar-refractivity contribution in [2.75, 3.05) is 45.9 Å². The molecule has 8 nitrogen and oxygen atoms in total. The third-order valence-corrected chi connectivity index (χ3v) is 8.05. The molecule has 0 aromatic heterocycles. The number of ether oxygens (including phenoxy) is 1. The molecule has 0 unspecified atom stereocenters. The fraction of sp³-hybridized carbons (Fsp3) is 0.640. The number of ketones is 1. The average molecular weight is 492 g/mol. The minimum absolute atomic E-state index is 0.00301. The molecule has 2 N–H and O–H groups in total. The Morgan fingerprint density at radius 2 is 1.76 bits per heavy atom. The van der Waals surface area contributed by atoms with Crippen molar-refractivity contribution in [1.82, 2.24) is 15.1 Å². The van der Waals surface area contributed by atoms with Crippen molar-refractivity contribution in [3.05, 3.63) is 34.9 Å². The third kappa shape index (κ3) is 4.68. The van der Waals surface area contributed by atoms with Crippen LogP contribution in [0.1, 0.15) is 44.1 Å². The zero-order valence-electron chi connectivity index (χ0n) is 19.7. The van der Waals surface area contributed by atoms with E-state index in [1.165, 1.54) is 4.90 Å². The molecule has 0 saturated carbocycles. The number of carboxylic acid groups (broad SMARTS) is 1. The zero-order valence-corrected chi connectivity index (χ0v) is 20.4. The number of halogens is 1. The normalized spacial score (nSPS) is 26.4. The Labute approximate surface area is 205 Å². The van der Waals surface area contributed by atoms with Gasteiger partial charge in [0, 0.05) is 68.7 Å². The van der Waals surface area contributed by atoms with Gasteiger partial charge < -0.3 is 20.1 Å². The number of likely N-dealkylation sites (N-methyl/N-ethyl adjacent to an activating group) is 1. The lowest BCUT2D eigenvalue weighted by Gasteiger charge is -2.45. The number of nitrogens with zero attached hydrogens (tertiary/aromatic N) is 2. The van der Waals surface area contributed by atoms with E-state index in [4.69, 9.17) is 16.3 Å². The number of amides is 2. The molecule has 3 aliphatic rings. The van der Waals surface area contributed by atoms with Crippen LogP contribution in [0.5, 0.6) is 0 Å². The van der Waals surface area contributed by atoms with Gasteiger partial charge in [0.1, 0.15) is 5.54 Å². The first-order valence-electron chi connectivity index (χ1n) is 12.3. The lowest BCUT2D eigenvalue weighted by atomic mass is 9.71. The van der Waals surface area contributed by atoms with E-state index in [0.717, 1.165) is 18.4 Å². The van der Waals surface area contributed by atoms with Crippen molar-refractivity contribution in [3.8, 4) is 0 Å². The molecule has 3 aliphatic heterocycles. The molecule has 3 saturated heterocycles. The van der Waals surface area contributed by atoms with Gasteiger partial charge in [-0.3, -0.25) is 14.5 Å². The molecule has 34 heavy (non-hydrogen) atoms. The van der Waals surface area contributed by atoms with Crippen LogP contribution in [0.4, 0.5) is 4.79 Å². The van der Waals surface area contributed by atoms with Crippen molar-refractivity contribution in [2.45, 2.75) is 44.1 Å². The number of hydrogen-bond acceptors (Lipinski definition) is 5. The van der Waals surface area contributed by atoms with Crippen LogP contribution in [0.2, 0.25) is 5.02 Å². The topological polar surface area (TPSA) is 99.2 Å². The second kappa shape index (κ2) is 10.6. The van der Waals surface area contributed by atoms with Crippen molar-refractivity contribution in [3.63, 3.8) is 0 Å². The molecule has 0 bridgehead atoms. The van der Waals surface area contributed by atoms with Gasteiger partial charge in [-0.1, -0.05) is 23.7 Å². The minimum atomic E-state index is -1.19. The van der Waals surface area contributed by atoms with Gasteiger partial charge in [0.25, 0.3) is 0 Å². The van der Waals surface area contributed by atoms with Gasteiger partial charge in [-0.05, 0) is 50.3 Å². The van der Waals surface area contributed by atoms with Crippen LogP contribution in [-0.4, -0.2) is 84.2 Å². The highest BCUT2D eigenvalue weighted by Crippen LogP contribution is 2.41. The van der Waals surface area contributed by atoms with E-state index in [-0.39, 0.29) is 42.5 Å². The maximum atomic E-state index is 14.2. The number of rotatable bonds is 6. The van der Waals surface area contributed by atoms with E-state index < -0.39 is 11.6 Å². The predicted molar refractivity (Wildman–Crippen MR) is 128 cm³/mol. The number of hydrogen-bond donors (Lipinski definition) is 2. The number of benzene rings is 1. The number of carbonyl (C=O) groups is 3. The smallest absolute Gasteiger partial charge is 0.408 e. The van der Waals surface area contributed by atoms with E-state index in [1.54, 1.807) is 19.1 Å². The summed E-state index contributed by atoms with van der Waals surface area (Å²) in [5.41, 5.74) is -0.291. The maximum absolute atomic E-state index is 14.2.